The lowest BCUT2D eigenvalue weighted by Gasteiger charge is -2.08. The molecular formula is C16H12N2O3S. The maximum absolute atomic E-state index is 12.7. The first-order chi connectivity index (χ1) is 10.5. The van der Waals surface area contributed by atoms with Crippen LogP contribution >= 0.6 is 0 Å². The van der Waals surface area contributed by atoms with Gasteiger partial charge in [-0.15, -0.1) is 0 Å². The molecule has 0 saturated heterocycles. The topological polar surface area (TPSA) is 68.5 Å². The third kappa shape index (κ3) is 2.35. The highest BCUT2D eigenvalue weighted by Crippen LogP contribution is 2.25. The number of carbonyl (C=O) groups excluding carboxylic acids is 1. The molecule has 0 fully saturated rings. The van der Waals surface area contributed by atoms with Crippen molar-refractivity contribution in [2.45, 2.75) is 11.8 Å². The van der Waals surface area contributed by atoms with Gasteiger partial charge in [-0.25, -0.2) is 17.2 Å². The normalized spacial score (nSPS) is 11.3. The molecule has 0 aliphatic carbocycles. The number of nitrogens with zero attached hydrogens (tertiary/aromatic N) is 2. The smallest absolute Gasteiger partial charge is 0.241 e. The number of benzene rings is 2. The Morgan fingerprint density at radius 2 is 1.77 bits per heavy atom. The van der Waals surface area contributed by atoms with Crippen molar-refractivity contribution in [3.63, 3.8) is 0 Å². The largest absolute Gasteiger partial charge is 0.268 e. The van der Waals surface area contributed by atoms with Crippen LogP contribution in [0.25, 0.3) is 10.9 Å². The molecule has 3 aromatic rings. The molecule has 0 unspecified atom stereocenters. The molecule has 0 radical (unpaired) electrons. The van der Waals surface area contributed by atoms with Gasteiger partial charge >= 0.3 is 0 Å². The first-order valence-electron chi connectivity index (χ1n) is 6.53. The minimum Gasteiger partial charge on any atom is -0.241 e. The number of rotatable bonds is 3. The molecule has 0 amide bonds. The highest BCUT2D eigenvalue weighted by Gasteiger charge is 2.18. The third-order valence-electron chi connectivity index (χ3n) is 3.39. The summed E-state index contributed by atoms with van der Waals surface area (Å²) in [6, 6.07) is 13.2. The first kappa shape index (κ1) is 14.3. The van der Waals surface area contributed by atoms with Crippen molar-refractivity contribution in [2.75, 3.05) is 0 Å². The molecule has 0 spiro atoms. The lowest BCUT2D eigenvalue weighted by Crippen LogP contribution is -2.11. The Labute approximate surface area is 127 Å². The maximum Gasteiger partial charge on any atom is 0.268 e. The molecule has 3 rings (SSSR count). The van der Waals surface area contributed by atoms with Gasteiger partial charge in [0.1, 0.15) is 0 Å². The van der Waals surface area contributed by atoms with E-state index >= 15 is 0 Å². The number of aliphatic imine (C=N–C) groups is 1. The number of isocyanates is 1. The van der Waals surface area contributed by atoms with E-state index in [1.54, 1.807) is 48.5 Å². The van der Waals surface area contributed by atoms with E-state index in [0.717, 1.165) is 5.56 Å². The third-order valence-corrected chi connectivity index (χ3v) is 5.09. The van der Waals surface area contributed by atoms with Crippen molar-refractivity contribution in [3.05, 3.63) is 60.3 Å². The minimum atomic E-state index is -3.66. The van der Waals surface area contributed by atoms with Crippen LogP contribution in [0.5, 0.6) is 0 Å². The van der Waals surface area contributed by atoms with Gasteiger partial charge in [-0.05, 0) is 43.3 Å². The number of aryl methyl sites for hydroxylation is 1. The molecule has 0 aliphatic rings. The average molecular weight is 312 g/mol. The van der Waals surface area contributed by atoms with Gasteiger partial charge in [0.05, 0.1) is 16.1 Å². The van der Waals surface area contributed by atoms with Gasteiger partial charge in [0.15, 0.2) is 0 Å². The average Bonchev–Trinajstić information content (AvgIpc) is 2.92. The van der Waals surface area contributed by atoms with Crippen LogP contribution < -0.4 is 0 Å². The number of hydrogen-bond donors (Lipinski definition) is 0. The van der Waals surface area contributed by atoms with Crippen LogP contribution in [-0.4, -0.2) is 18.5 Å². The van der Waals surface area contributed by atoms with Gasteiger partial charge in [0.2, 0.25) is 6.08 Å². The second-order valence-corrected chi connectivity index (χ2v) is 6.69. The van der Waals surface area contributed by atoms with Crippen LogP contribution in [0.15, 0.2) is 64.6 Å². The van der Waals surface area contributed by atoms with E-state index < -0.39 is 10.0 Å². The highest BCUT2D eigenvalue weighted by atomic mass is 32.2. The molecule has 2 aromatic carbocycles. The van der Waals surface area contributed by atoms with E-state index in [1.165, 1.54) is 16.2 Å². The zero-order chi connectivity index (χ0) is 15.7. The Morgan fingerprint density at radius 3 is 2.45 bits per heavy atom. The van der Waals surface area contributed by atoms with Crippen molar-refractivity contribution in [2.24, 2.45) is 4.99 Å². The molecule has 1 aromatic heterocycles. The zero-order valence-electron chi connectivity index (χ0n) is 11.7. The van der Waals surface area contributed by atoms with Crippen molar-refractivity contribution in [3.8, 4) is 0 Å². The Bertz CT molecular complexity index is 996. The fourth-order valence-corrected chi connectivity index (χ4v) is 3.61. The summed E-state index contributed by atoms with van der Waals surface area (Å²) in [5, 5.41) is 0.687. The summed E-state index contributed by atoms with van der Waals surface area (Å²) < 4.78 is 26.6. The molecule has 6 heteroatoms. The fraction of sp³-hybridized carbons (Fsp3) is 0.0625. The van der Waals surface area contributed by atoms with E-state index in [-0.39, 0.29) is 4.90 Å². The Kier molecular flexibility index (Phi) is 3.41. The van der Waals surface area contributed by atoms with Crippen molar-refractivity contribution < 1.29 is 13.2 Å². The van der Waals surface area contributed by atoms with Crippen molar-refractivity contribution >= 4 is 32.7 Å². The molecule has 0 bridgehead atoms. The van der Waals surface area contributed by atoms with Gasteiger partial charge < -0.3 is 0 Å². The van der Waals surface area contributed by atoms with Crippen LogP contribution in [-0.2, 0) is 14.8 Å². The molecule has 22 heavy (non-hydrogen) atoms. The van der Waals surface area contributed by atoms with E-state index in [4.69, 9.17) is 0 Å². The SMILES string of the molecule is Cc1ccc(S(=O)(=O)n2ccc3cc(N=C=O)ccc32)cc1. The van der Waals surface area contributed by atoms with E-state index in [0.29, 0.717) is 16.6 Å². The number of fused-ring (bicyclic) bond motifs is 1. The van der Waals surface area contributed by atoms with Crippen LogP contribution in [0.1, 0.15) is 5.56 Å². The fourth-order valence-electron chi connectivity index (χ4n) is 2.26. The van der Waals surface area contributed by atoms with Crippen molar-refractivity contribution in [1.29, 1.82) is 0 Å². The molecule has 110 valence electrons. The molecule has 1 heterocycles. The monoisotopic (exact) mass is 312 g/mol. The molecule has 0 N–H and O–H groups in total. The standard InChI is InChI=1S/C16H12N2O3S/c1-12-2-5-15(6-3-12)22(20,21)18-9-8-13-10-14(17-11-19)4-7-16(13)18/h2-10H,1H3. The first-order valence-corrected chi connectivity index (χ1v) is 7.97. The minimum absolute atomic E-state index is 0.227. The van der Waals surface area contributed by atoms with E-state index in [2.05, 4.69) is 4.99 Å². The van der Waals surface area contributed by atoms with Crippen LogP contribution in [0, 0.1) is 6.92 Å². The predicted molar refractivity (Wildman–Crippen MR) is 83.5 cm³/mol. The molecular weight excluding hydrogens is 300 g/mol. The highest BCUT2D eigenvalue weighted by molar-refractivity contribution is 7.90. The van der Waals surface area contributed by atoms with Crippen LogP contribution in [0.4, 0.5) is 5.69 Å². The van der Waals surface area contributed by atoms with Gasteiger partial charge in [0, 0.05) is 11.6 Å². The second-order valence-electron chi connectivity index (χ2n) is 4.88. The predicted octanol–water partition coefficient (Wildman–Crippen LogP) is 3.15. The summed E-state index contributed by atoms with van der Waals surface area (Å²) in [6.07, 6.45) is 2.96. The van der Waals surface area contributed by atoms with E-state index in [1.807, 2.05) is 6.92 Å². The number of hydrogen-bond acceptors (Lipinski definition) is 4. The molecule has 0 saturated carbocycles. The van der Waals surface area contributed by atoms with Gasteiger partial charge in [-0.3, -0.25) is 0 Å². The molecule has 0 aliphatic heterocycles. The second kappa shape index (κ2) is 5.26. The van der Waals surface area contributed by atoms with Crippen LogP contribution in [0.3, 0.4) is 0 Å². The Hall–Kier alpha value is -2.69. The molecule has 5 nitrogen and oxygen atoms in total. The summed E-state index contributed by atoms with van der Waals surface area (Å²) in [6.45, 7) is 1.90. The summed E-state index contributed by atoms with van der Waals surface area (Å²) in [5.41, 5.74) is 1.96. The van der Waals surface area contributed by atoms with Gasteiger partial charge in [-0.1, -0.05) is 17.7 Å². The Morgan fingerprint density at radius 1 is 1.05 bits per heavy atom. The number of aromatic nitrogens is 1. The van der Waals surface area contributed by atoms with E-state index in [9.17, 15) is 13.2 Å². The summed E-state index contributed by atoms with van der Waals surface area (Å²) in [7, 11) is -3.66. The van der Waals surface area contributed by atoms with Gasteiger partial charge in [-0.2, -0.15) is 4.99 Å². The summed E-state index contributed by atoms with van der Waals surface area (Å²) in [4.78, 5) is 14.1. The lowest BCUT2D eigenvalue weighted by atomic mass is 10.2. The summed E-state index contributed by atoms with van der Waals surface area (Å²) in [5.74, 6) is 0. The lowest BCUT2D eigenvalue weighted by molar-refractivity contribution is 0.565. The van der Waals surface area contributed by atoms with Crippen LogP contribution in [0.2, 0.25) is 0 Å². The van der Waals surface area contributed by atoms with Gasteiger partial charge in [0.25, 0.3) is 10.0 Å². The summed E-state index contributed by atoms with van der Waals surface area (Å²) >= 11 is 0. The zero-order valence-corrected chi connectivity index (χ0v) is 12.5. The van der Waals surface area contributed by atoms with Crippen molar-refractivity contribution in [1.82, 2.24) is 3.97 Å². The Balaban J connectivity index is 2.17. The maximum atomic E-state index is 12.7. The molecule has 0 atom stereocenters. The quantitative estimate of drug-likeness (QED) is 0.551.